The lowest BCUT2D eigenvalue weighted by Crippen LogP contribution is -2.22. The third kappa shape index (κ3) is 2.37. The van der Waals surface area contributed by atoms with Crippen LogP contribution >= 0.6 is 11.3 Å². The number of anilines is 1. The maximum Gasteiger partial charge on any atom is 0.265 e. The topological polar surface area (TPSA) is 73.8 Å². The number of hydrogen-bond donors (Lipinski definition) is 1. The first-order valence-electron chi connectivity index (χ1n) is 7.44. The van der Waals surface area contributed by atoms with E-state index in [0.29, 0.717) is 21.9 Å². The van der Waals surface area contributed by atoms with E-state index in [9.17, 15) is 4.79 Å². The summed E-state index contributed by atoms with van der Waals surface area (Å²) in [7, 11) is 0. The molecule has 2 aromatic heterocycles. The number of nitrogens with zero attached hydrogens (tertiary/aromatic N) is 3. The van der Waals surface area contributed by atoms with Crippen molar-refractivity contribution in [3.8, 4) is 16.9 Å². The molecule has 2 N–H and O–H groups in total. The zero-order chi connectivity index (χ0) is 16.7. The Labute approximate surface area is 142 Å². The van der Waals surface area contributed by atoms with Gasteiger partial charge in [-0.2, -0.15) is 0 Å². The minimum absolute atomic E-state index is 0.0660. The van der Waals surface area contributed by atoms with Crippen molar-refractivity contribution in [3.63, 3.8) is 0 Å². The number of fused-ring (bicyclic) bond motifs is 1. The summed E-state index contributed by atoms with van der Waals surface area (Å²) in [5.41, 5.74) is 8.91. The SMILES string of the molecule is Cc1nc2ccccc2c(=O)n1-c1ccc(-c2csc(N)n2)cc1. The summed E-state index contributed by atoms with van der Waals surface area (Å²) in [5.74, 6) is 0.657. The van der Waals surface area contributed by atoms with Crippen LogP contribution < -0.4 is 11.3 Å². The first-order chi connectivity index (χ1) is 11.6. The summed E-state index contributed by atoms with van der Waals surface area (Å²) in [5, 5.41) is 3.07. The van der Waals surface area contributed by atoms with Gasteiger partial charge in [0.1, 0.15) is 5.82 Å². The Balaban J connectivity index is 1.84. The van der Waals surface area contributed by atoms with E-state index in [0.717, 1.165) is 16.9 Å². The van der Waals surface area contributed by atoms with Gasteiger partial charge in [-0.1, -0.05) is 24.3 Å². The average molecular weight is 334 g/mol. The molecule has 2 heterocycles. The first-order valence-corrected chi connectivity index (χ1v) is 8.31. The van der Waals surface area contributed by atoms with Gasteiger partial charge in [0.2, 0.25) is 0 Å². The van der Waals surface area contributed by atoms with Crippen molar-refractivity contribution in [2.75, 3.05) is 5.73 Å². The molecule has 0 aliphatic heterocycles. The van der Waals surface area contributed by atoms with Crippen molar-refractivity contribution in [1.82, 2.24) is 14.5 Å². The molecule has 0 radical (unpaired) electrons. The van der Waals surface area contributed by atoms with Gasteiger partial charge in [0, 0.05) is 10.9 Å². The fraction of sp³-hybridized carbons (Fsp3) is 0.0556. The van der Waals surface area contributed by atoms with Crippen LogP contribution in [0.3, 0.4) is 0 Å². The van der Waals surface area contributed by atoms with Crippen molar-refractivity contribution in [2.24, 2.45) is 0 Å². The van der Waals surface area contributed by atoms with Gasteiger partial charge in [-0.3, -0.25) is 9.36 Å². The Morgan fingerprint density at radius 3 is 2.50 bits per heavy atom. The molecule has 0 unspecified atom stereocenters. The second-order valence-corrected chi connectivity index (χ2v) is 6.32. The van der Waals surface area contributed by atoms with E-state index in [2.05, 4.69) is 9.97 Å². The molecule has 118 valence electrons. The molecule has 2 aromatic carbocycles. The fourth-order valence-corrected chi connectivity index (χ4v) is 3.32. The van der Waals surface area contributed by atoms with Crippen molar-refractivity contribution < 1.29 is 0 Å². The number of aromatic nitrogens is 3. The Bertz CT molecular complexity index is 1100. The van der Waals surface area contributed by atoms with E-state index < -0.39 is 0 Å². The third-order valence-corrected chi connectivity index (χ3v) is 4.56. The molecule has 4 aromatic rings. The van der Waals surface area contributed by atoms with E-state index in [-0.39, 0.29) is 5.56 Å². The summed E-state index contributed by atoms with van der Waals surface area (Å²) < 4.78 is 1.63. The van der Waals surface area contributed by atoms with E-state index in [1.54, 1.807) is 10.6 Å². The quantitative estimate of drug-likeness (QED) is 0.610. The lowest BCUT2D eigenvalue weighted by Gasteiger charge is -2.11. The average Bonchev–Trinajstić information content (AvgIpc) is 3.02. The van der Waals surface area contributed by atoms with Crippen molar-refractivity contribution in [3.05, 3.63) is 70.1 Å². The third-order valence-electron chi connectivity index (χ3n) is 3.89. The fourth-order valence-electron chi connectivity index (χ4n) is 2.75. The van der Waals surface area contributed by atoms with Gasteiger partial charge in [-0.15, -0.1) is 11.3 Å². The maximum atomic E-state index is 12.8. The first kappa shape index (κ1) is 14.6. The molecule has 0 aliphatic rings. The summed E-state index contributed by atoms with van der Waals surface area (Å²) in [6, 6.07) is 15.0. The molecule has 6 heteroatoms. The Morgan fingerprint density at radius 2 is 1.79 bits per heavy atom. The molecule has 24 heavy (non-hydrogen) atoms. The minimum Gasteiger partial charge on any atom is -0.375 e. The maximum absolute atomic E-state index is 12.8. The molecule has 0 saturated heterocycles. The van der Waals surface area contributed by atoms with E-state index in [1.165, 1.54) is 11.3 Å². The molecular weight excluding hydrogens is 320 g/mol. The lowest BCUT2D eigenvalue weighted by atomic mass is 10.1. The monoisotopic (exact) mass is 334 g/mol. The van der Waals surface area contributed by atoms with Gasteiger partial charge >= 0.3 is 0 Å². The second-order valence-electron chi connectivity index (χ2n) is 5.43. The van der Waals surface area contributed by atoms with E-state index in [4.69, 9.17) is 5.73 Å². The van der Waals surface area contributed by atoms with Crippen LogP contribution in [-0.2, 0) is 0 Å². The molecule has 0 spiro atoms. The summed E-state index contributed by atoms with van der Waals surface area (Å²) in [6.07, 6.45) is 0. The summed E-state index contributed by atoms with van der Waals surface area (Å²) >= 11 is 1.41. The van der Waals surface area contributed by atoms with Gasteiger partial charge in [-0.05, 0) is 31.2 Å². The highest BCUT2D eigenvalue weighted by atomic mass is 32.1. The number of hydrogen-bond acceptors (Lipinski definition) is 5. The number of rotatable bonds is 2. The van der Waals surface area contributed by atoms with E-state index in [1.807, 2.05) is 54.8 Å². The predicted octanol–water partition coefficient (Wildman–Crippen LogP) is 3.40. The summed E-state index contributed by atoms with van der Waals surface area (Å²) in [4.78, 5) is 21.6. The molecule has 0 amide bonds. The molecule has 0 saturated carbocycles. The number of para-hydroxylation sites is 1. The summed E-state index contributed by atoms with van der Waals surface area (Å²) in [6.45, 7) is 1.84. The highest BCUT2D eigenvalue weighted by Gasteiger charge is 2.10. The number of nitrogens with two attached hydrogens (primary N) is 1. The van der Waals surface area contributed by atoms with Crippen LogP contribution in [0, 0.1) is 6.92 Å². The van der Waals surface area contributed by atoms with Crippen molar-refractivity contribution in [1.29, 1.82) is 0 Å². The number of aryl methyl sites for hydroxylation is 1. The smallest absolute Gasteiger partial charge is 0.265 e. The predicted molar refractivity (Wildman–Crippen MR) is 97.6 cm³/mol. The molecule has 0 aliphatic carbocycles. The number of nitrogen functional groups attached to an aromatic ring is 1. The lowest BCUT2D eigenvalue weighted by molar-refractivity contribution is 0.895. The number of benzene rings is 2. The van der Waals surface area contributed by atoms with Crippen LogP contribution in [0.5, 0.6) is 0 Å². The zero-order valence-corrected chi connectivity index (χ0v) is 13.7. The van der Waals surface area contributed by atoms with Crippen LogP contribution in [0.4, 0.5) is 5.13 Å². The highest BCUT2D eigenvalue weighted by Crippen LogP contribution is 2.24. The van der Waals surface area contributed by atoms with Crippen molar-refractivity contribution >= 4 is 27.4 Å². The molecule has 0 bridgehead atoms. The van der Waals surface area contributed by atoms with Crippen molar-refractivity contribution in [2.45, 2.75) is 6.92 Å². The Hall–Kier alpha value is -2.99. The molecule has 0 fully saturated rings. The molecule has 5 nitrogen and oxygen atoms in total. The van der Waals surface area contributed by atoms with Gasteiger partial charge < -0.3 is 5.73 Å². The zero-order valence-electron chi connectivity index (χ0n) is 12.9. The normalized spacial score (nSPS) is 11.0. The largest absolute Gasteiger partial charge is 0.375 e. The highest BCUT2D eigenvalue weighted by molar-refractivity contribution is 7.13. The molecule has 0 atom stereocenters. The van der Waals surface area contributed by atoms with Crippen LogP contribution in [0.2, 0.25) is 0 Å². The van der Waals surface area contributed by atoms with Crippen LogP contribution in [0.1, 0.15) is 5.82 Å². The molecule has 4 rings (SSSR count). The number of thiazole rings is 1. The van der Waals surface area contributed by atoms with Gasteiger partial charge in [0.05, 0.1) is 22.3 Å². The Morgan fingerprint density at radius 1 is 1.04 bits per heavy atom. The second kappa shape index (κ2) is 5.58. The minimum atomic E-state index is -0.0660. The van der Waals surface area contributed by atoms with Crippen LogP contribution in [-0.4, -0.2) is 14.5 Å². The Kier molecular flexibility index (Phi) is 3.39. The van der Waals surface area contributed by atoms with Crippen LogP contribution in [0.25, 0.3) is 27.8 Å². The van der Waals surface area contributed by atoms with Gasteiger partial charge in [0.25, 0.3) is 5.56 Å². The van der Waals surface area contributed by atoms with Gasteiger partial charge in [0.15, 0.2) is 5.13 Å². The van der Waals surface area contributed by atoms with E-state index >= 15 is 0 Å². The van der Waals surface area contributed by atoms with Gasteiger partial charge in [-0.25, -0.2) is 9.97 Å². The standard InChI is InChI=1S/C18H14N4OS/c1-11-20-15-5-3-2-4-14(15)17(23)22(11)13-8-6-12(7-9-13)16-10-24-18(19)21-16/h2-10H,1H3,(H2,19,21). The van der Waals surface area contributed by atoms with Crippen LogP contribution in [0.15, 0.2) is 58.7 Å². The molecular formula is C18H14N4OS.